The van der Waals surface area contributed by atoms with E-state index in [1.54, 1.807) is 17.0 Å². The topological polar surface area (TPSA) is 91.0 Å². The van der Waals surface area contributed by atoms with Gasteiger partial charge in [0.25, 0.3) is 11.8 Å². The maximum absolute atomic E-state index is 14.2. The molecular formula is C28H24Cl2F4N4O4. The van der Waals surface area contributed by atoms with Gasteiger partial charge in [0.2, 0.25) is 5.91 Å². The summed E-state index contributed by atoms with van der Waals surface area (Å²) in [6.07, 6.45) is -4.89. The van der Waals surface area contributed by atoms with Gasteiger partial charge in [-0.05, 0) is 74.5 Å². The van der Waals surface area contributed by atoms with Crippen molar-refractivity contribution in [2.45, 2.75) is 31.8 Å². The number of likely N-dealkylation sites (N-methyl/N-ethyl adjacent to an activating group) is 1. The first-order valence-electron chi connectivity index (χ1n) is 12.3. The van der Waals surface area contributed by atoms with E-state index in [1.165, 1.54) is 50.1 Å². The van der Waals surface area contributed by atoms with Gasteiger partial charge in [0.15, 0.2) is 0 Å². The fourth-order valence-corrected chi connectivity index (χ4v) is 4.83. The third-order valence-electron chi connectivity index (χ3n) is 6.39. The van der Waals surface area contributed by atoms with Crippen LogP contribution in [-0.4, -0.2) is 49.3 Å². The molecule has 3 aromatic rings. The minimum absolute atomic E-state index is 0.0304. The SMILES string of the molecule is CN1C(=O)[C@H](NC(=O)C(C)(C)NC(=O)c2ccc(OC(F)(F)F)cc2)CN(c2cc(Cl)cc(Cl)c2)c2ccc(F)cc21. The third kappa shape index (κ3) is 7.05. The fourth-order valence-electron chi connectivity index (χ4n) is 4.31. The lowest BCUT2D eigenvalue weighted by atomic mass is 10.0. The van der Waals surface area contributed by atoms with Gasteiger partial charge in [-0.3, -0.25) is 14.4 Å². The lowest BCUT2D eigenvalue weighted by Crippen LogP contribution is -2.60. The molecule has 0 saturated heterocycles. The van der Waals surface area contributed by atoms with Crippen LogP contribution in [-0.2, 0) is 9.59 Å². The molecule has 0 bridgehead atoms. The number of halogens is 6. The number of amides is 3. The molecule has 2 N–H and O–H groups in total. The summed E-state index contributed by atoms with van der Waals surface area (Å²) in [5.74, 6) is -3.15. The number of alkyl halides is 3. The van der Waals surface area contributed by atoms with Gasteiger partial charge in [-0.2, -0.15) is 0 Å². The molecule has 42 heavy (non-hydrogen) atoms. The van der Waals surface area contributed by atoms with E-state index < -0.39 is 47.2 Å². The summed E-state index contributed by atoms with van der Waals surface area (Å²) in [7, 11) is 1.44. The van der Waals surface area contributed by atoms with Crippen LogP contribution >= 0.6 is 23.2 Å². The van der Waals surface area contributed by atoms with Gasteiger partial charge in [-0.15, -0.1) is 13.2 Å². The summed E-state index contributed by atoms with van der Waals surface area (Å²) in [6.45, 7) is 2.69. The summed E-state index contributed by atoms with van der Waals surface area (Å²) in [4.78, 5) is 42.6. The van der Waals surface area contributed by atoms with Crippen molar-refractivity contribution < 1.29 is 36.7 Å². The first kappa shape index (κ1) is 30.9. The van der Waals surface area contributed by atoms with E-state index in [2.05, 4.69) is 15.4 Å². The second-order valence-electron chi connectivity index (χ2n) is 9.95. The van der Waals surface area contributed by atoms with Crippen molar-refractivity contribution in [1.82, 2.24) is 10.6 Å². The summed E-state index contributed by atoms with van der Waals surface area (Å²) in [5.41, 5.74) is -0.441. The Morgan fingerprint density at radius 3 is 2.17 bits per heavy atom. The number of ether oxygens (including phenoxy) is 1. The Kier molecular flexibility index (Phi) is 8.60. The number of rotatable bonds is 6. The van der Waals surface area contributed by atoms with Crippen LogP contribution < -0.4 is 25.2 Å². The van der Waals surface area contributed by atoms with E-state index in [9.17, 15) is 31.9 Å². The van der Waals surface area contributed by atoms with Crippen molar-refractivity contribution in [2.75, 3.05) is 23.4 Å². The van der Waals surface area contributed by atoms with E-state index in [1.807, 2.05) is 0 Å². The lowest BCUT2D eigenvalue weighted by molar-refractivity contribution is -0.274. The van der Waals surface area contributed by atoms with Crippen molar-refractivity contribution >= 4 is 58.0 Å². The lowest BCUT2D eigenvalue weighted by Gasteiger charge is -2.30. The molecule has 222 valence electrons. The Morgan fingerprint density at radius 2 is 1.57 bits per heavy atom. The zero-order valence-electron chi connectivity index (χ0n) is 22.4. The number of anilines is 3. The first-order chi connectivity index (χ1) is 19.5. The molecule has 1 heterocycles. The van der Waals surface area contributed by atoms with Crippen molar-refractivity contribution in [1.29, 1.82) is 0 Å². The summed E-state index contributed by atoms with van der Waals surface area (Å²) >= 11 is 12.4. The van der Waals surface area contributed by atoms with Crippen molar-refractivity contribution in [3.8, 4) is 5.75 Å². The molecule has 0 spiro atoms. The molecule has 0 aromatic heterocycles. The number of nitrogens with one attached hydrogen (secondary N) is 2. The minimum Gasteiger partial charge on any atom is -0.406 e. The van der Waals surface area contributed by atoms with Crippen molar-refractivity contribution in [3.63, 3.8) is 0 Å². The Morgan fingerprint density at radius 1 is 0.952 bits per heavy atom. The molecular weight excluding hydrogens is 603 g/mol. The Bertz CT molecular complexity index is 1510. The monoisotopic (exact) mass is 626 g/mol. The second-order valence-corrected chi connectivity index (χ2v) is 10.8. The number of carbonyl (C=O) groups is 3. The van der Waals surface area contributed by atoms with Crippen LogP contribution in [0.2, 0.25) is 10.0 Å². The van der Waals surface area contributed by atoms with E-state index in [0.29, 0.717) is 21.4 Å². The van der Waals surface area contributed by atoms with E-state index in [4.69, 9.17) is 23.2 Å². The zero-order chi connectivity index (χ0) is 31.0. The van der Waals surface area contributed by atoms with Gasteiger partial charge in [0, 0.05) is 28.3 Å². The number of hydrogen-bond donors (Lipinski definition) is 2. The van der Waals surface area contributed by atoms with E-state index >= 15 is 0 Å². The van der Waals surface area contributed by atoms with Gasteiger partial charge in [0.05, 0.1) is 17.9 Å². The molecule has 3 aromatic carbocycles. The van der Waals surface area contributed by atoms with Gasteiger partial charge in [-0.25, -0.2) is 4.39 Å². The van der Waals surface area contributed by atoms with E-state index in [0.717, 1.165) is 24.3 Å². The maximum Gasteiger partial charge on any atom is 0.573 e. The number of hydrogen-bond acceptors (Lipinski definition) is 5. The number of carbonyl (C=O) groups excluding carboxylic acids is 3. The Balaban J connectivity index is 1.57. The minimum atomic E-state index is -4.89. The van der Waals surface area contributed by atoms with Crippen LogP contribution in [0.25, 0.3) is 0 Å². The standard InChI is InChI=1S/C28H24Cl2F4N4O4/c1-27(2,36-24(39)15-4-7-20(8-5-15)42-28(32,33)34)26(41)35-21-14-38(19-11-16(29)10-17(30)12-19)22-9-6-18(31)13-23(22)37(3)25(21)40/h4-13,21H,14H2,1-3H3,(H,35,41)(H,36,39)/t21-/m1/s1. The largest absolute Gasteiger partial charge is 0.573 e. The van der Waals surface area contributed by atoms with Crippen LogP contribution in [0.3, 0.4) is 0 Å². The highest BCUT2D eigenvalue weighted by molar-refractivity contribution is 6.35. The van der Waals surface area contributed by atoms with Gasteiger partial charge in [0.1, 0.15) is 23.1 Å². The van der Waals surface area contributed by atoms with E-state index in [-0.39, 0.29) is 17.8 Å². The second kappa shape index (κ2) is 11.7. The molecule has 1 aliphatic heterocycles. The van der Waals surface area contributed by atoms with Crippen molar-refractivity contribution in [3.05, 3.63) is 82.1 Å². The number of fused-ring (bicyclic) bond motifs is 1. The van der Waals surface area contributed by atoms with Crippen LogP contribution in [0, 0.1) is 5.82 Å². The smallest absolute Gasteiger partial charge is 0.406 e. The first-order valence-corrected chi connectivity index (χ1v) is 13.1. The van der Waals surface area contributed by atoms with Crippen LogP contribution in [0.15, 0.2) is 60.7 Å². The highest BCUT2D eigenvalue weighted by Crippen LogP contribution is 2.39. The summed E-state index contributed by atoms with van der Waals surface area (Å²) < 4.78 is 55.3. The number of benzene rings is 3. The number of nitrogens with zero attached hydrogens (tertiary/aromatic N) is 2. The molecule has 1 atom stereocenters. The summed E-state index contributed by atoms with van der Waals surface area (Å²) in [5, 5.41) is 5.80. The summed E-state index contributed by atoms with van der Waals surface area (Å²) in [6, 6.07) is 11.6. The Labute approximate surface area is 248 Å². The molecule has 8 nitrogen and oxygen atoms in total. The molecule has 3 amide bonds. The van der Waals surface area contributed by atoms with Gasteiger partial charge >= 0.3 is 6.36 Å². The molecule has 14 heteroatoms. The van der Waals surface area contributed by atoms with Crippen LogP contribution in [0.4, 0.5) is 34.6 Å². The zero-order valence-corrected chi connectivity index (χ0v) is 23.9. The normalized spacial score (nSPS) is 15.5. The molecule has 0 radical (unpaired) electrons. The maximum atomic E-state index is 14.2. The molecule has 4 rings (SSSR count). The highest BCUT2D eigenvalue weighted by Gasteiger charge is 2.38. The predicted octanol–water partition coefficient (Wildman–Crippen LogP) is 5.84. The highest BCUT2D eigenvalue weighted by atomic mass is 35.5. The predicted molar refractivity (Wildman–Crippen MR) is 150 cm³/mol. The van der Waals surface area contributed by atoms with Gasteiger partial charge < -0.3 is 25.2 Å². The Hall–Kier alpha value is -4.03. The average molecular weight is 627 g/mol. The average Bonchev–Trinajstić information content (AvgIpc) is 2.97. The van der Waals surface area contributed by atoms with Gasteiger partial charge in [-0.1, -0.05) is 23.2 Å². The fraction of sp³-hybridized carbons (Fsp3) is 0.250. The molecule has 0 saturated carbocycles. The quantitative estimate of drug-likeness (QED) is 0.336. The van der Waals surface area contributed by atoms with Crippen LogP contribution in [0.1, 0.15) is 24.2 Å². The molecule has 1 aliphatic rings. The third-order valence-corrected chi connectivity index (χ3v) is 6.83. The van der Waals surface area contributed by atoms with Crippen molar-refractivity contribution in [2.24, 2.45) is 0 Å². The van der Waals surface area contributed by atoms with Crippen LogP contribution in [0.5, 0.6) is 5.75 Å². The molecule has 0 aliphatic carbocycles. The molecule has 0 unspecified atom stereocenters. The molecule has 0 fully saturated rings.